The van der Waals surface area contributed by atoms with E-state index in [4.69, 9.17) is 21.4 Å². The quantitative estimate of drug-likeness (QED) is 0.825. The van der Waals surface area contributed by atoms with Gasteiger partial charge in [-0.1, -0.05) is 11.6 Å². The molecule has 1 aromatic rings. The number of benzene rings is 1. The fraction of sp³-hybridized carbons (Fsp3) is 0.333. The van der Waals surface area contributed by atoms with Crippen LogP contribution >= 0.6 is 27.5 Å². The number of aliphatic carboxylic acids is 1. The third-order valence-electron chi connectivity index (χ3n) is 2.39. The van der Waals surface area contributed by atoms with Crippen molar-refractivity contribution in [2.75, 3.05) is 13.7 Å². The minimum absolute atomic E-state index is 0.190. The largest absolute Gasteiger partial charge is 0.480 e. The second kappa shape index (κ2) is 7.47. The van der Waals surface area contributed by atoms with Gasteiger partial charge in [-0.2, -0.15) is 0 Å². The number of nitrogens with one attached hydrogen (secondary N) is 1. The van der Waals surface area contributed by atoms with Gasteiger partial charge in [0.15, 0.2) is 0 Å². The number of carboxylic acids is 1. The van der Waals surface area contributed by atoms with Crippen molar-refractivity contribution >= 4 is 39.4 Å². The van der Waals surface area contributed by atoms with E-state index in [0.29, 0.717) is 9.50 Å². The summed E-state index contributed by atoms with van der Waals surface area (Å²) >= 11 is 9.03. The maximum absolute atomic E-state index is 12.0. The highest BCUT2D eigenvalue weighted by molar-refractivity contribution is 9.10. The standard InChI is InChI=1S/C12H13BrClNO4/c1-19-5-4-10(12(17)18)15-11(16)8-6-7(14)2-3-9(8)13/h2-3,6,10H,4-5H2,1H3,(H,15,16)(H,17,18). The topological polar surface area (TPSA) is 75.6 Å². The molecule has 1 unspecified atom stereocenters. The molecule has 0 heterocycles. The van der Waals surface area contributed by atoms with Crippen LogP contribution in [0.15, 0.2) is 22.7 Å². The summed E-state index contributed by atoms with van der Waals surface area (Å²) < 4.78 is 5.35. The van der Waals surface area contributed by atoms with Gasteiger partial charge in [-0.3, -0.25) is 4.79 Å². The number of ether oxygens (including phenoxy) is 1. The molecule has 1 atom stereocenters. The molecule has 0 aromatic heterocycles. The zero-order valence-corrected chi connectivity index (χ0v) is 12.5. The van der Waals surface area contributed by atoms with Gasteiger partial charge in [0.05, 0.1) is 5.56 Å². The van der Waals surface area contributed by atoms with Crippen molar-refractivity contribution in [3.8, 4) is 0 Å². The number of rotatable bonds is 6. The minimum atomic E-state index is -1.11. The van der Waals surface area contributed by atoms with E-state index in [0.717, 1.165) is 0 Å². The number of amides is 1. The van der Waals surface area contributed by atoms with E-state index in [1.54, 1.807) is 12.1 Å². The SMILES string of the molecule is COCCC(NC(=O)c1cc(Cl)ccc1Br)C(=O)O. The Kier molecular flexibility index (Phi) is 6.27. The fourth-order valence-corrected chi connectivity index (χ4v) is 2.00. The average Bonchev–Trinajstić information content (AvgIpc) is 2.36. The van der Waals surface area contributed by atoms with Crippen molar-refractivity contribution in [3.05, 3.63) is 33.3 Å². The van der Waals surface area contributed by atoms with Crippen LogP contribution in [-0.2, 0) is 9.53 Å². The molecule has 0 radical (unpaired) electrons. The monoisotopic (exact) mass is 349 g/mol. The first-order valence-electron chi connectivity index (χ1n) is 5.43. The molecule has 0 aliphatic heterocycles. The molecule has 19 heavy (non-hydrogen) atoms. The number of methoxy groups -OCH3 is 1. The van der Waals surface area contributed by atoms with Gasteiger partial charge in [-0.25, -0.2) is 4.79 Å². The van der Waals surface area contributed by atoms with Gasteiger partial charge in [-0.05, 0) is 34.1 Å². The Morgan fingerprint density at radius 3 is 2.79 bits per heavy atom. The Balaban J connectivity index is 2.81. The Bertz CT molecular complexity index is 481. The summed E-state index contributed by atoms with van der Waals surface area (Å²) in [6, 6.07) is 3.72. The maximum Gasteiger partial charge on any atom is 0.326 e. The van der Waals surface area contributed by atoms with Crippen LogP contribution in [0.1, 0.15) is 16.8 Å². The number of carbonyl (C=O) groups excluding carboxylic acids is 1. The summed E-state index contributed by atoms with van der Waals surface area (Å²) in [6.45, 7) is 0.244. The highest BCUT2D eigenvalue weighted by Gasteiger charge is 2.21. The van der Waals surface area contributed by atoms with E-state index in [9.17, 15) is 9.59 Å². The van der Waals surface area contributed by atoms with Crippen LogP contribution in [0.5, 0.6) is 0 Å². The molecule has 5 nitrogen and oxygen atoms in total. The molecule has 0 bridgehead atoms. The molecular weight excluding hydrogens is 337 g/mol. The van der Waals surface area contributed by atoms with Gasteiger partial charge < -0.3 is 15.2 Å². The van der Waals surface area contributed by atoms with E-state index < -0.39 is 17.9 Å². The van der Waals surface area contributed by atoms with E-state index >= 15 is 0 Å². The first-order valence-corrected chi connectivity index (χ1v) is 6.60. The highest BCUT2D eigenvalue weighted by atomic mass is 79.9. The summed E-state index contributed by atoms with van der Waals surface area (Å²) in [5, 5.41) is 11.8. The molecule has 0 saturated heterocycles. The van der Waals surface area contributed by atoms with Crippen LogP contribution in [0, 0.1) is 0 Å². The molecule has 0 aliphatic carbocycles. The van der Waals surface area contributed by atoms with Gasteiger partial charge in [0.25, 0.3) is 5.91 Å². The maximum atomic E-state index is 12.0. The second-order valence-electron chi connectivity index (χ2n) is 3.77. The van der Waals surface area contributed by atoms with E-state index in [1.165, 1.54) is 13.2 Å². The van der Waals surface area contributed by atoms with Crippen molar-refractivity contribution in [1.29, 1.82) is 0 Å². The molecule has 0 fully saturated rings. The Morgan fingerprint density at radius 2 is 2.21 bits per heavy atom. The van der Waals surface area contributed by atoms with Crippen LogP contribution < -0.4 is 5.32 Å². The first kappa shape index (κ1) is 15.9. The molecule has 2 N–H and O–H groups in total. The van der Waals surface area contributed by atoms with Crippen molar-refractivity contribution in [2.45, 2.75) is 12.5 Å². The summed E-state index contributed by atoms with van der Waals surface area (Å²) in [4.78, 5) is 23.0. The van der Waals surface area contributed by atoms with Crippen molar-refractivity contribution in [3.63, 3.8) is 0 Å². The van der Waals surface area contributed by atoms with Crippen LogP contribution in [0.3, 0.4) is 0 Å². The average molecular weight is 351 g/mol. The predicted molar refractivity (Wildman–Crippen MR) is 74.5 cm³/mol. The van der Waals surface area contributed by atoms with E-state index in [2.05, 4.69) is 21.2 Å². The smallest absolute Gasteiger partial charge is 0.326 e. The lowest BCUT2D eigenvalue weighted by molar-refractivity contribution is -0.139. The van der Waals surface area contributed by atoms with Crippen molar-refractivity contribution in [2.24, 2.45) is 0 Å². The zero-order chi connectivity index (χ0) is 14.4. The predicted octanol–water partition coefficient (Wildman–Crippen LogP) is 2.32. The lowest BCUT2D eigenvalue weighted by Gasteiger charge is -2.14. The van der Waals surface area contributed by atoms with Gasteiger partial charge >= 0.3 is 5.97 Å². The lowest BCUT2D eigenvalue weighted by atomic mass is 10.1. The van der Waals surface area contributed by atoms with Gasteiger partial charge in [0.1, 0.15) is 6.04 Å². The molecular formula is C12H13BrClNO4. The van der Waals surface area contributed by atoms with Crippen LogP contribution in [0.25, 0.3) is 0 Å². The number of carbonyl (C=O) groups is 2. The Labute approximate surface area is 124 Å². The molecule has 1 amide bonds. The molecule has 0 aliphatic rings. The number of carboxylic acid groups (broad SMARTS) is 1. The second-order valence-corrected chi connectivity index (χ2v) is 5.06. The first-order chi connectivity index (χ1) is 8.95. The summed E-state index contributed by atoms with van der Waals surface area (Å²) in [5.41, 5.74) is 0.288. The molecule has 104 valence electrons. The lowest BCUT2D eigenvalue weighted by Crippen LogP contribution is -2.41. The van der Waals surface area contributed by atoms with Crippen molar-refractivity contribution < 1.29 is 19.4 Å². The van der Waals surface area contributed by atoms with Crippen LogP contribution in [0.2, 0.25) is 5.02 Å². The van der Waals surface area contributed by atoms with Gasteiger partial charge in [0.2, 0.25) is 0 Å². The third kappa shape index (κ3) is 4.81. The molecule has 1 rings (SSSR count). The van der Waals surface area contributed by atoms with Crippen LogP contribution in [-0.4, -0.2) is 36.7 Å². The summed E-state index contributed by atoms with van der Waals surface area (Å²) in [6.07, 6.45) is 0.190. The Hall–Kier alpha value is -1.11. The molecule has 7 heteroatoms. The third-order valence-corrected chi connectivity index (χ3v) is 3.31. The minimum Gasteiger partial charge on any atom is -0.480 e. The Morgan fingerprint density at radius 1 is 1.53 bits per heavy atom. The summed E-state index contributed by atoms with van der Waals surface area (Å²) in [5.74, 6) is -1.61. The number of hydrogen-bond acceptors (Lipinski definition) is 3. The molecule has 1 aromatic carbocycles. The fourth-order valence-electron chi connectivity index (χ4n) is 1.40. The van der Waals surface area contributed by atoms with Gasteiger partial charge in [-0.15, -0.1) is 0 Å². The highest BCUT2D eigenvalue weighted by Crippen LogP contribution is 2.21. The molecule has 0 spiro atoms. The van der Waals surface area contributed by atoms with Crippen LogP contribution in [0.4, 0.5) is 0 Å². The zero-order valence-electron chi connectivity index (χ0n) is 10.2. The molecule has 0 saturated carbocycles. The number of halogens is 2. The van der Waals surface area contributed by atoms with E-state index in [1.807, 2.05) is 0 Å². The van der Waals surface area contributed by atoms with Crippen molar-refractivity contribution in [1.82, 2.24) is 5.32 Å². The van der Waals surface area contributed by atoms with Gasteiger partial charge in [0, 0.05) is 29.6 Å². The normalized spacial score (nSPS) is 11.9. The number of hydrogen-bond donors (Lipinski definition) is 2. The summed E-state index contributed by atoms with van der Waals surface area (Å²) in [7, 11) is 1.47. The van der Waals surface area contributed by atoms with E-state index in [-0.39, 0.29) is 18.6 Å².